The quantitative estimate of drug-likeness (QED) is 0.0262. The third-order valence-corrected chi connectivity index (χ3v) is 11.6. The first-order valence-electron chi connectivity index (χ1n) is 26.2. The number of unbranched alkanes of at least 4 members (excludes halogenated alkanes) is 12. The molecule has 9 heteroatoms. The van der Waals surface area contributed by atoms with Crippen LogP contribution in [0.3, 0.4) is 0 Å². The Morgan fingerprint density at radius 3 is 1.34 bits per heavy atom. The summed E-state index contributed by atoms with van der Waals surface area (Å²) in [5.41, 5.74) is 0. The van der Waals surface area contributed by atoms with Crippen LogP contribution >= 0.6 is 0 Å². The molecule has 380 valence electrons. The number of amides is 1. The van der Waals surface area contributed by atoms with Gasteiger partial charge in [0.2, 0.25) is 5.91 Å². The maximum absolute atomic E-state index is 12.8. The second-order valence-electron chi connectivity index (χ2n) is 17.6. The van der Waals surface area contributed by atoms with Gasteiger partial charge in [-0.05, 0) is 89.9 Å². The van der Waals surface area contributed by atoms with Crippen LogP contribution in [0.5, 0.6) is 0 Å². The molecule has 9 nitrogen and oxygen atoms in total. The van der Waals surface area contributed by atoms with Gasteiger partial charge in [-0.1, -0.05) is 206 Å². The molecule has 7 unspecified atom stereocenters. The molecule has 6 N–H and O–H groups in total. The van der Waals surface area contributed by atoms with E-state index in [0.29, 0.717) is 12.8 Å². The monoisotopic (exact) mass is 934 g/mol. The molecule has 1 fully saturated rings. The Bertz CT molecular complexity index is 1460. The lowest BCUT2D eigenvalue weighted by atomic mass is 9.99. The van der Waals surface area contributed by atoms with Crippen molar-refractivity contribution >= 4 is 5.91 Å². The molecule has 0 radical (unpaired) electrons. The molecular formula is C58H95NO8. The number of nitrogens with one attached hydrogen (secondary N) is 1. The number of ether oxygens (including phenoxy) is 2. The lowest BCUT2D eigenvalue weighted by Crippen LogP contribution is -2.60. The molecule has 0 aromatic rings. The van der Waals surface area contributed by atoms with Crippen LogP contribution in [0.15, 0.2) is 122 Å². The summed E-state index contributed by atoms with van der Waals surface area (Å²) in [7, 11) is 0. The zero-order valence-electron chi connectivity index (χ0n) is 41.8. The lowest BCUT2D eigenvalue weighted by molar-refractivity contribution is -0.302. The van der Waals surface area contributed by atoms with Crippen LogP contribution in [0, 0.1) is 0 Å². The van der Waals surface area contributed by atoms with Crippen LogP contribution < -0.4 is 5.32 Å². The van der Waals surface area contributed by atoms with E-state index in [9.17, 15) is 30.3 Å². The second kappa shape index (κ2) is 46.3. The van der Waals surface area contributed by atoms with Gasteiger partial charge in [0.1, 0.15) is 24.4 Å². The summed E-state index contributed by atoms with van der Waals surface area (Å²) < 4.78 is 11.1. The number of aliphatic hydroxyl groups excluding tert-OH is 5. The number of carbonyl (C=O) groups is 1. The van der Waals surface area contributed by atoms with Crippen LogP contribution in [0.2, 0.25) is 0 Å². The highest BCUT2D eigenvalue weighted by atomic mass is 16.7. The Balaban J connectivity index is 2.01. The van der Waals surface area contributed by atoms with Gasteiger partial charge in [0.05, 0.1) is 25.4 Å². The third-order valence-electron chi connectivity index (χ3n) is 11.6. The summed E-state index contributed by atoms with van der Waals surface area (Å²) in [5, 5.41) is 53.6. The predicted octanol–water partition coefficient (Wildman–Crippen LogP) is 12.4. The first-order chi connectivity index (χ1) is 32.8. The van der Waals surface area contributed by atoms with Gasteiger partial charge in [0.25, 0.3) is 0 Å². The van der Waals surface area contributed by atoms with Gasteiger partial charge in [-0.25, -0.2) is 0 Å². The average Bonchev–Trinajstić information content (AvgIpc) is 3.33. The smallest absolute Gasteiger partial charge is 0.220 e. The summed E-state index contributed by atoms with van der Waals surface area (Å²) in [6, 6.07) is -0.724. The van der Waals surface area contributed by atoms with Crippen molar-refractivity contribution in [3.05, 3.63) is 122 Å². The van der Waals surface area contributed by atoms with Crippen molar-refractivity contribution in [3.8, 4) is 0 Å². The van der Waals surface area contributed by atoms with E-state index in [2.05, 4.69) is 141 Å². The summed E-state index contributed by atoms with van der Waals surface area (Å²) in [6.45, 7) is 3.52. The summed E-state index contributed by atoms with van der Waals surface area (Å²) in [5.74, 6) is -0.167. The van der Waals surface area contributed by atoms with Gasteiger partial charge < -0.3 is 40.3 Å². The Morgan fingerprint density at radius 2 is 0.925 bits per heavy atom. The Labute approximate surface area is 408 Å². The number of rotatable bonds is 42. The Morgan fingerprint density at radius 1 is 0.522 bits per heavy atom. The Hall–Kier alpha value is -3.41. The predicted molar refractivity (Wildman–Crippen MR) is 280 cm³/mol. The van der Waals surface area contributed by atoms with Crippen LogP contribution in [-0.2, 0) is 14.3 Å². The SMILES string of the molecule is CC/C=C\C/C=C\C/C=C\C/C=C\C/C=C\C/C=C\C/C=C\C/C=C\C/C=C\C/C=C\CCCCCCCCCCCCC(=O)NC(COC1OC(CO)C(O)C(O)C1O)C(O)CCCCC. The number of hydrogen-bond acceptors (Lipinski definition) is 8. The summed E-state index contributed by atoms with van der Waals surface area (Å²) >= 11 is 0. The third kappa shape index (κ3) is 36.3. The minimum absolute atomic E-state index is 0.151. The number of aliphatic hydroxyl groups is 5. The topological polar surface area (TPSA) is 149 Å². The average molecular weight is 934 g/mol. The zero-order chi connectivity index (χ0) is 48.7. The number of carbonyl (C=O) groups excluding carboxylic acids is 1. The van der Waals surface area contributed by atoms with Crippen molar-refractivity contribution in [2.45, 2.75) is 224 Å². The molecule has 0 saturated carbocycles. The molecule has 0 bridgehead atoms. The van der Waals surface area contributed by atoms with E-state index < -0.39 is 49.5 Å². The molecule has 0 aromatic heterocycles. The lowest BCUT2D eigenvalue weighted by Gasteiger charge is -2.40. The molecule has 1 heterocycles. The largest absolute Gasteiger partial charge is 0.394 e. The van der Waals surface area contributed by atoms with Crippen LogP contribution in [-0.4, -0.2) is 87.5 Å². The summed E-state index contributed by atoms with van der Waals surface area (Å²) in [4.78, 5) is 12.8. The van der Waals surface area contributed by atoms with Gasteiger partial charge in [-0.15, -0.1) is 0 Å². The van der Waals surface area contributed by atoms with Gasteiger partial charge in [-0.2, -0.15) is 0 Å². The minimum Gasteiger partial charge on any atom is -0.394 e. The summed E-state index contributed by atoms with van der Waals surface area (Å²) in [6.07, 6.45) is 63.3. The van der Waals surface area contributed by atoms with Crippen molar-refractivity contribution in [2.75, 3.05) is 13.2 Å². The van der Waals surface area contributed by atoms with E-state index in [-0.39, 0.29) is 12.5 Å². The molecule has 0 aromatic carbocycles. The van der Waals surface area contributed by atoms with Crippen molar-refractivity contribution < 1.29 is 39.8 Å². The normalized spacial score (nSPS) is 20.7. The molecular weight excluding hydrogens is 839 g/mol. The fourth-order valence-electron chi connectivity index (χ4n) is 7.42. The van der Waals surface area contributed by atoms with E-state index in [1.165, 1.54) is 44.9 Å². The van der Waals surface area contributed by atoms with Gasteiger partial charge in [-0.3, -0.25) is 4.79 Å². The highest BCUT2D eigenvalue weighted by Gasteiger charge is 2.44. The first-order valence-corrected chi connectivity index (χ1v) is 26.2. The van der Waals surface area contributed by atoms with E-state index in [1.807, 2.05) is 0 Å². The molecule has 1 saturated heterocycles. The van der Waals surface area contributed by atoms with E-state index >= 15 is 0 Å². The highest BCUT2D eigenvalue weighted by molar-refractivity contribution is 5.76. The van der Waals surface area contributed by atoms with E-state index in [0.717, 1.165) is 109 Å². The molecule has 0 aliphatic carbocycles. The highest BCUT2D eigenvalue weighted by Crippen LogP contribution is 2.23. The number of allylic oxidation sites excluding steroid dienone is 20. The molecule has 7 atom stereocenters. The minimum atomic E-state index is -1.56. The standard InChI is InChI=1S/C58H95NO8/c1-3-5-7-8-9-10-11-12-13-14-15-16-17-18-19-20-21-22-23-24-25-26-27-28-29-30-31-32-33-34-35-36-37-38-39-40-41-42-43-44-46-48-54(62)59-51(52(61)47-45-6-4-2)50-66-58-57(65)56(64)55(63)53(49-60)67-58/h5,7,9-10,12-13,15-16,18-19,21-22,24-25,27-28,30-31,33-34,51-53,55-58,60-61,63-65H,3-4,6,8,11,14,17,20,23,26,29,32,35-50H2,1-2H3,(H,59,62)/b7-5-,10-9-,13-12-,16-15-,19-18-,22-21-,25-24-,28-27-,31-30-,34-33-. The molecule has 1 amide bonds. The van der Waals surface area contributed by atoms with Gasteiger partial charge in [0, 0.05) is 6.42 Å². The maximum Gasteiger partial charge on any atom is 0.220 e. The van der Waals surface area contributed by atoms with Gasteiger partial charge >= 0.3 is 0 Å². The van der Waals surface area contributed by atoms with Crippen LogP contribution in [0.4, 0.5) is 0 Å². The van der Waals surface area contributed by atoms with Gasteiger partial charge in [0.15, 0.2) is 6.29 Å². The fraction of sp³-hybridized carbons (Fsp3) is 0.638. The van der Waals surface area contributed by atoms with Crippen molar-refractivity contribution in [3.63, 3.8) is 0 Å². The van der Waals surface area contributed by atoms with Crippen molar-refractivity contribution in [2.24, 2.45) is 0 Å². The molecule has 0 spiro atoms. The Kier molecular flexibility index (Phi) is 42.6. The number of hydrogen-bond donors (Lipinski definition) is 6. The molecule has 1 aliphatic heterocycles. The van der Waals surface area contributed by atoms with E-state index in [1.54, 1.807) is 0 Å². The van der Waals surface area contributed by atoms with Crippen LogP contribution in [0.1, 0.15) is 181 Å². The second-order valence-corrected chi connectivity index (χ2v) is 17.6. The van der Waals surface area contributed by atoms with Crippen molar-refractivity contribution in [1.29, 1.82) is 0 Å². The van der Waals surface area contributed by atoms with Crippen LogP contribution in [0.25, 0.3) is 0 Å². The fourth-order valence-corrected chi connectivity index (χ4v) is 7.42. The van der Waals surface area contributed by atoms with Crippen molar-refractivity contribution in [1.82, 2.24) is 5.32 Å². The maximum atomic E-state index is 12.8. The first kappa shape index (κ1) is 61.6. The molecule has 67 heavy (non-hydrogen) atoms. The zero-order valence-corrected chi connectivity index (χ0v) is 41.8. The molecule has 1 aliphatic rings. The molecule has 1 rings (SSSR count). The van der Waals surface area contributed by atoms with E-state index in [4.69, 9.17) is 9.47 Å².